The molecule has 106 valence electrons. The van der Waals surface area contributed by atoms with Gasteiger partial charge < -0.3 is 15.4 Å². The Labute approximate surface area is 123 Å². The van der Waals surface area contributed by atoms with Crippen LogP contribution >= 0.6 is 23.2 Å². The third-order valence-corrected chi connectivity index (χ3v) is 3.55. The minimum Gasteiger partial charge on any atom is -0.379 e. The highest BCUT2D eigenvalue weighted by Crippen LogP contribution is 2.30. The van der Waals surface area contributed by atoms with E-state index >= 15 is 0 Å². The number of hydrogen-bond donors (Lipinski definition) is 2. The van der Waals surface area contributed by atoms with Crippen LogP contribution < -0.4 is 10.6 Å². The number of nitrogens with zero attached hydrogens (tertiary/aromatic N) is 1. The van der Waals surface area contributed by atoms with Crippen LogP contribution in [0.2, 0.25) is 10.0 Å². The summed E-state index contributed by atoms with van der Waals surface area (Å²) in [5.74, 6) is 1.34. The van der Waals surface area contributed by atoms with Crippen LogP contribution in [0.4, 0.5) is 11.6 Å². The third kappa shape index (κ3) is 4.13. The van der Waals surface area contributed by atoms with Gasteiger partial charge in [-0.25, -0.2) is 4.98 Å². The van der Waals surface area contributed by atoms with Gasteiger partial charge in [-0.2, -0.15) is 0 Å². The van der Waals surface area contributed by atoms with Crippen molar-refractivity contribution in [1.82, 2.24) is 4.98 Å². The molecular weight excluding hydrogens is 285 g/mol. The van der Waals surface area contributed by atoms with Crippen molar-refractivity contribution in [2.75, 3.05) is 30.4 Å². The van der Waals surface area contributed by atoms with E-state index in [0.717, 1.165) is 32.4 Å². The third-order valence-electron chi connectivity index (χ3n) is 2.97. The van der Waals surface area contributed by atoms with Gasteiger partial charge in [0.15, 0.2) is 0 Å². The van der Waals surface area contributed by atoms with E-state index in [1.54, 1.807) is 6.07 Å². The van der Waals surface area contributed by atoms with Crippen molar-refractivity contribution in [2.45, 2.75) is 32.2 Å². The molecule has 0 bridgehead atoms. The minimum absolute atomic E-state index is 0.263. The fraction of sp³-hybridized carbons (Fsp3) is 0.615. The number of halogens is 2. The van der Waals surface area contributed by atoms with Crippen molar-refractivity contribution in [1.29, 1.82) is 0 Å². The second kappa shape index (κ2) is 7.17. The number of aromatic nitrogens is 1. The molecule has 0 aliphatic carbocycles. The highest BCUT2D eigenvalue weighted by atomic mass is 35.5. The Bertz CT molecular complexity index is 423. The maximum Gasteiger partial charge on any atom is 0.147 e. The van der Waals surface area contributed by atoms with Crippen molar-refractivity contribution in [2.24, 2.45) is 0 Å². The second-order valence-corrected chi connectivity index (χ2v) is 5.45. The van der Waals surface area contributed by atoms with Crippen LogP contribution in [0.3, 0.4) is 0 Å². The first-order valence-corrected chi connectivity index (χ1v) is 7.40. The highest BCUT2D eigenvalue weighted by molar-refractivity contribution is 6.37. The lowest BCUT2D eigenvalue weighted by Gasteiger charge is -2.24. The number of hydrogen-bond acceptors (Lipinski definition) is 4. The minimum atomic E-state index is 0.263. The van der Waals surface area contributed by atoms with E-state index in [1.807, 2.05) is 0 Å². The number of ether oxygens (including phenoxy) is 1. The first kappa shape index (κ1) is 14.7. The summed E-state index contributed by atoms with van der Waals surface area (Å²) in [4.78, 5) is 4.46. The molecule has 0 aromatic carbocycles. The number of nitrogens with one attached hydrogen (secondary N) is 2. The quantitative estimate of drug-likeness (QED) is 0.868. The zero-order valence-corrected chi connectivity index (χ0v) is 12.5. The molecule has 0 radical (unpaired) electrons. The topological polar surface area (TPSA) is 46.2 Å². The summed E-state index contributed by atoms with van der Waals surface area (Å²) in [5, 5.41) is 7.61. The van der Waals surface area contributed by atoms with Gasteiger partial charge in [-0.1, -0.05) is 30.1 Å². The van der Waals surface area contributed by atoms with Gasteiger partial charge in [0, 0.05) is 13.2 Å². The Morgan fingerprint density at radius 2 is 2.16 bits per heavy atom. The Hall–Kier alpha value is -0.710. The zero-order valence-electron chi connectivity index (χ0n) is 11.0. The van der Waals surface area contributed by atoms with Crippen LogP contribution in [0.5, 0.6) is 0 Å². The lowest BCUT2D eigenvalue weighted by molar-refractivity contribution is 0.0875. The molecule has 0 amide bonds. The van der Waals surface area contributed by atoms with E-state index < -0.39 is 0 Å². The molecule has 1 aromatic heterocycles. The normalized spacial score (nSPS) is 19.2. The Kier molecular flexibility index (Phi) is 5.55. The van der Waals surface area contributed by atoms with Crippen LogP contribution in [0, 0.1) is 0 Å². The molecule has 2 N–H and O–H groups in total. The molecule has 19 heavy (non-hydrogen) atoms. The fourth-order valence-electron chi connectivity index (χ4n) is 1.98. The summed E-state index contributed by atoms with van der Waals surface area (Å²) in [6.07, 6.45) is 3.14. The number of pyridine rings is 1. The molecule has 2 heterocycles. The van der Waals surface area contributed by atoms with E-state index in [0.29, 0.717) is 28.3 Å². The average Bonchev–Trinajstić information content (AvgIpc) is 2.42. The van der Waals surface area contributed by atoms with E-state index in [4.69, 9.17) is 27.9 Å². The van der Waals surface area contributed by atoms with Crippen molar-refractivity contribution in [3.8, 4) is 0 Å². The maximum absolute atomic E-state index is 6.18. The predicted molar refractivity (Wildman–Crippen MR) is 80.5 cm³/mol. The first-order valence-electron chi connectivity index (χ1n) is 6.65. The molecule has 1 aliphatic rings. The van der Waals surface area contributed by atoms with Gasteiger partial charge >= 0.3 is 0 Å². The maximum atomic E-state index is 6.18. The van der Waals surface area contributed by atoms with Gasteiger partial charge in [-0.3, -0.25) is 0 Å². The molecule has 0 saturated carbocycles. The molecule has 1 unspecified atom stereocenters. The first-order chi connectivity index (χ1) is 9.20. The molecule has 4 nitrogen and oxygen atoms in total. The molecule has 2 rings (SSSR count). The Morgan fingerprint density at radius 1 is 1.37 bits per heavy atom. The van der Waals surface area contributed by atoms with Crippen molar-refractivity contribution >= 4 is 34.8 Å². The predicted octanol–water partition coefficient (Wildman–Crippen LogP) is 3.80. The van der Waals surface area contributed by atoms with Gasteiger partial charge in [0.1, 0.15) is 11.6 Å². The number of anilines is 2. The van der Waals surface area contributed by atoms with Gasteiger partial charge in [0.2, 0.25) is 0 Å². The monoisotopic (exact) mass is 303 g/mol. The van der Waals surface area contributed by atoms with Crippen molar-refractivity contribution in [3.05, 3.63) is 16.1 Å². The highest BCUT2D eigenvalue weighted by Gasteiger charge is 2.16. The zero-order chi connectivity index (χ0) is 13.7. The van der Waals surface area contributed by atoms with Gasteiger partial charge in [0.25, 0.3) is 0 Å². The molecule has 1 fully saturated rings. The Balaban J connectivity index is 2.09. The van der Waals surface area contributed by atoms with E-state index in [9.17, 15) is 0 Å². The molecule has 1 atom stereocenters. The van der Waals surface area contributed by atoms with Crippen LogP contribution in [0.25, 0.3) is 0 Å². The molecule has 1 aromatic rings. The Morgan fingerprint density at radius 3 is 2.84 bits per heavy atom. The lowest BCUT2D eigenvalue weighted by atomic mass is 10.1. The van der Waals surface area contributed by atoms with Crippen molar-refractivity contribution < 1.29 is 4.74 Å². The summed E-state index contributed by atoms with van der Waals surface area (Å²) in [6.45, 7) is 4.46. The standard InChI is InChI=1S/C13H19Cl2N3O/c1-2-5-16-12-10(14)7-11(15)13(18-12)17-9-4-3-6-19-8-9/h7,9H,2-6,8H2,1H3,(H2,16,17,18). The van der Waals surface area contributed by atoms with Crippen LogP contribution in [0.1, 0.15) is 26.2 Å². The molecule has 6 heteroatoms. The van der Waals surface area contributed by atoms with Crippen LogP contribution in [-0.2, 0) is 4.74 Å². The second-order valence-electron chi connectivity index (χ2n) is 4.63. The van der Waals surface area contributed by atoms with Crippen molar-refractivity contribution in [3.63, 3.8) is 0 Å². The largest absolute Gasteiger partial charge is 0.379 e. The molecule has 1 saturated heterocycles. The fourth-order valence-corrected chi connectivity index (χ4v) is 2.46. The summed E-state index contributed by atoms with van der Waals surface area (Å²) in [7, 11) is 0. The summed E-state index contributed by atoms with van der Waals surface area (Å²) in [5.41, 5.74) is 0. The number of rotatable bonds is 5. The summed E-state index contributed by atoms with van der Waals surface area (Å²) < 4.78 is 5.44. The summed E-state index contributed by atoms with van der Waals surface area (Å²) in [6, 6.07) is 1.99. The average molecular weight is 304 g/mol. The summed E-state index contributed by atoms with van der Waals surface area (Å²) >= 11 is 12.3. The van der Waals surface area contributed by atoms with E-state index in [1.165, 1.54) is 0 Å². The van der Waals surface area contributed by atoms with E-state index in [2.05, 4.69) is 22.5 Å². The van der Waals surface area contributed by atoms with Gasteiger partial charge in [-0.15, -0.1) is 0 Å². The molecular formula is C13H19Cl2N3O. The van der Waals surface area contributed by atoms with Gasteiger partial charge in [-0.05, 0) is 25.3 Å². The van der Waals surface area contributed by atoms with Crippen LogP contribution in [0.15, 0.2) is 6.07 Å². The van der Waals surface area contributed by atoms with Crippen LogP contribution in [-0.4, -0.2) is 30.8 Å². The smallest absolute Gasteiger partial charge is 0.147 e. The van der Waals surface area contributed by atoms with E-state index in [-0.39, 0.29) is 6.04 Å². The lowest BCUT2D eigenvalue weighted by Crippen LogP contribution is -2.30. The van der Waals surface area contributed by atoms with Gasteiger partial charge in [0.05, 0.1) is 22.7 Å². The SMILES string of the molecule is CCCNc1nc(NC2CCCOC2)c(Cl)cc1Cl. The molecule has 1 aliphatic heterocycles. The molecule has 0 spiro atoms.